The van der Waals surface area contributed by atoms with Crippen LogP contribution in [0, 0.1) is 13.8 Å². The molecule has 0 spiro atoms. The monoisotopic (exact) mass is 372 g/mol. The van der Waals surface area contributed by atoms with Crippen LogP contribution in [0.3, 0.4) is 0 Å². The first kappa shape index (κ1) is 18.6. The van der Waals surface area contributed by atoms with Gasteiger partial charge in [0.15, 0.2) is 0 Å². The summed E-state index contributed by atoms with van der Waals surface area (Å²) in [6, 6.07) is 9.44. The second-order valence-electron chi connectivity index (χ2n) is 6.59. The lowest BCUT2D eigenvalue weighted by Crippen LogP contribution is -2.42. The van der Waals surface area contributed by atoms with Crippen LogP contribution in [-0.2, 0) is 9.53 Å². The maximum atomic E-state index is 12.8. The Labute approximate surface area is 158 Å². The second kappa shape index (κ2) is 8.47. The molecule has 138 valence electrons. The van der Waals surface area contributed by atoms with Crippen LogP contribution in [0.2, 0.25) is 0 Å². The topological polar surface area (TPSA) is 58.6 Å². The molecule has 0 bridgehead atoms. The van der Waals surface area contributed by atoms with E-state index >= 15 is 0 Å². The second-order valence-corrected chi connectivity index (χ2v) is 7.54. The van der Waals surface area contributed by atoms with Crippen molar-refractivity contribution >= 4 is 28.8 Å². The van der Waals surface area contributed by atoms with Crippen molar-refractivity contribution in [3.05, 3.63) is 51.7 Å². The third-order valence-electron chi connectivity index (χ3n) is 4.68. The first-order chi connectivity index (χ1) is 12.5. The molecule has 2 aromatic rings. The fourth-order valence-electron chi connectivity index (χ4n) is 3.06. The van der Waals surface area contributed by atoms with E-state index < -0.39 is 0 Å². The zero-order chi connectivity index (χ0) is 18.5. The molecule has 2 amide bonds. The van der Waals surface area contributed by atoms with Gasteiger partial charge >= 0.3 is 0 Å². The van der Waals surface area contributed by atoms with Crippen LogP contribution >= 0.6 is 11.3 Å². The van der Waals surface area contributed by atoms with Gasteiger partial charge in [-0.3, -0.25) is 9.59 Å². The summed E-state index contributed by atoms with van der Waals surface area (Å²) in [6.07, 6.45) is 1.93. The van der Waals surface area contributed by atoms with Crippen molar-refractivity contribution in [1.29, 1.82) is 0 Å². The number of nitrogens with one attached hydrogen (secondary N) is 1. The number of hydrogen-bond donors (Lipinski definition) is 1. The lowest BCUT2D eigenvalue weighted by Gasteiger charge is -2.24. The maximum Gasteiger partial charge on any atom is 0.264 e. The summed E-state index contributed by atoms with van der Waals surface area (Å²) in [7, 11) is 0. The van der Waals surface area contributed by atoms with E-state index in [9.17, 15) is 9.59 Å². The fraction of sp³-hybridized carbons (Fsp3) is 0.400. The molecule has 0 saturated carbocycles. The Bertz CT molecular complexity index is 767. The van der Waals surface area contributed by atoms with Crippen LogP contribution in [0.5, 0.6) is 0 Å². The van der Waals surface area contributed by atoms with Gasteiger partial charge < -0.3 is 15.0 Å². The number of nitrogens with zero attached hydrogens (tertiary/aromatic N) is 1. The van der Waals surface area contributed by atoms with Gasteiger partial charge in [0.2, 0.25) is 5.91 Å². The molecule has 1 N–H and O–H groups in total. The summed E-state index contributed by atoms with van der Waals surface area (Å²) < 4.78 is 5.66. The Balaban J connectivity index is 1.70. The van der Waals surface area contributed by atoms with Crippen LogP contribution in [0.25, 0.3) is 0 Å². The first-order valence-corrected chi connectivity index (χ1v) is 9.73. The molecule has 1 aliphatic rings. The van der Waals surface area contributed by atoms with E-state index in [-0.39, 0.29) is 24.5 Å². The summed E-state index contributed by atoms with van der Waals surface area (Å²) in [5.41, 5.74) is 2.94. The number of thiophene rings is 1. The Morgan fingerprint density at radius 3 is 2.81 bits per heavy atom. The largest absolute Gasteiger partial charge is 0.376 e. The molecule has 1 aromatic carbocycles. The van der Waals surface area contributed by atoms with Gasteiger partial charge in [-0.15, -0.1) is 11.3 Å². The standard InChI is InChI=1S/C20H24N2O3S/c1-14-6-3-8-17(15(14)2)21-19(23)13-22(12-16-7-4-10-25-16)20(24)18-9-5-11-26-18/h3,5-6,8-9,11,16H,4,7,10,12-13H2,1-2H3,(H,21,23). The Morgan fingerprint density at radius 1 is 1.27 bits per heavy atom. The minimum atomic E-state index is -0.193. The zero-order valence-electron chi connectivity index (χ0n) is 15.2. The van der Waals surface area contributed by atoms with Gasteiger partial charge in [-0.25, -0.2) is 0 Å². The van der Waals surface area contributed by atoms with Crippen molar-refractivity contribution in [2.45, 2.75) is 32.8 Å². The predicted octanol–water partition coefficient (Wildman–Crippen LogP) is 3.62. The van der Waals surface area contributed by atoms with Crippen LogP contribution in [0.1, 0.15) is 33.6 Å². The number of carbonyl (C=O) groups is 2. The van der Waals surface area contributed by atoms with Gasteiger partial charge in [-0.05, 0) is 55.3 Å². The van der Waals surface area contributed by atoms with Crippen molar-refractivity contribution in [3.8, 4) is 0 Å². The summed E-state index contributed by atoms with van der Waals surface area (Å²) >= 11 is 1.39. The molecule has 3 rings (SSSR count). The minimum absolute atomic E-state index is 0.00687. The Hall–Kier alpha value is -2.18. The molecule has 1 atom stereocenters. The van der Waals surface area contributed by atoms with E-state index in [4.69, 9.17) is 4.74 Å². The highest BCUT2D eigenvalue weighted by Gasteiger charge is 2.25. The fourth-order valence-corrected chi connectivity index (χ4v) is 3.75. The molecule has 2 heterocycles. The summed E-state index contributed by atoms with van der Waals surface area (Å²) in [4.78, 5) is 27.6. The van der Waals surface area contributed by atoms with Gasteiger partial charge in [0.05, 0.1) is 11.0 Å². The number of rotatable bonds is 6. The number of ether oxygens (including phenoxy) is 1. The highest BCUT2D eigenvalue weighted by Crippen LogP contribution is 2.19. The van der Waals surface area contributed by atoms with E-state index in [1.54, 1.807) is 11.0 Å². The predicted molar refractivity (Wildman–Crippen MR) is 104 cm³/mol. The van der Waals surface area contributed by atoms with Gasteiger partial charge in [0.25, 0.3) is 5.91 Å². The SMILES string of the molecule is Cc1cccc(NC(=O)CN(CC2CCCO2)C(=O)c2cccs2)c1C. The molecule has 6 heteroatoms. The highest BCUT2D eigenvalue weighted by atomic mass is 32.1. The van der Waals surface area contributed by atoms with Crippen LogP contribution in [0.15, 0.2) is 35.7 Å². The van der Waals surface area contributed by atoms with Gasteiger partial charge in [0.1, 0.15) is 6.54 Å². The van der Waals surface area contributed by atoms with Crippen LogP contribution < -0.4 is 5.32 Å². The number of carbonyl (C=O) groups excluding carboxylic acids is 2. The number of aryl methyl sites for hydroxylation is 1. The lowest BCUT2D eigenvalue weighted by atomic mass is 10.1. The molecule has 1 unspecified atom stereocenters. The molecule has 0 aliphatic carbocycles. The molecular weight excluding hydrogens is 348 g/mol. The van der Waals surface area contributed by atoms with E-state index in [0.29, 0.717) is 11.4 Å². The van der Waals surface area contributed by atoms with Crippen molar-refractivity contribution in [2.24, 2.45) is 0 Å². The summed E-state index contributed by atoms with van der Waals surface area (Å²) in [5, 5.41) is 4.81. The number of amides is 2. The molecule has 1 fully saturated rings. The van der Waals surface area contributed by atoms with Crippen molar-refractivity contribution in [1.82, 2.24) is 4.90 Å². The number of benzene rings is 1. The molecule has 5 nitrogen and oxygen atoms in total. The van der Waals surface area contributed by atoms with Gasteiger partial charge in [-0.2, -0.15) is 0 Å². The minimum Gasteiger partial charge on any atom is -0.376 e. The average molecular weight is 372 g/mol. The normalized spacial score (nSPS) is 16.5. The quantitative estimate of drug-likeness (QED) is 0.842. The zero-order valence-corrected chi connectivity index (χ0v) is 16.0. The van der Waals surface area contributed by atoms with E-state index in [1.807, 2.05) is 43.5 Å². The molecular formula is C20H24N2O3S. The Morgan fingerprint density at radius 2 is 2.12 bits per heavy atom. The first-order valence-electron chi connectivity index (χ1n) is 8.85. The summed E-state index contributed by atoms with van der Waals surface area (Å²) in [5.74, 6) is -0.312. The highest BCUT2D eigenvalue weighted by molar-refractivity contribution is 7.12. The average Bonchev–Trinajstić information content (AvgIpc) is 3.31. The smallest absolute Gasteiger partial charge is 0.264 e. The third-order valence-corrected chi connectivity index (χ3v) is 5.54. The van der Waals surface area contributed by atoms with E-state index in [2.05, 4.69) is 5.32 Å². The number of anilines is 1. The number of hydrogen-bond acceptors (Lipinski definition) is 4. The van der Waals surface area contributed by atoms with Gasteiger partial charge in [0, 0.05) is 18.8 Å². The lowest BCUT2D eigenvalue weighted by molar-refractivity contribution is -0.117. The van der Waals surface area contributed by atoms with Crippen molar-refractivity contribution < 1.29 is 14.3 Å². The van der Waals surface area contributed by atoms with Crippen LogP contribution in [-0.4, -0.2) is 42.5 Å². The van der Waals surface area contributed by atoms with Crippen LogP contribution in [0.4, 0.5) is 5.69 Å². The summed E-state index contributed by atoms with van der Waals surface area (Å²) in [6.45, 7) is 5.17. The Kier molecular flexibility index (Phi) is 6.06. The third kappa shape index (κ3) is 4.51. The van der Waals surface area contributed by atoms with E-state index in [0.717, 1.165) is 36.3 Å². The molecule has 1 saturated heterocycles. The van der Waals surface area contributed by atoms with Crippen molar-refractivity contribution in [3.63, 3.8) is 0 Å². The van der Waals surface area contributed by atoms with Crippen molar-refractivity contribution in [2.75, 3.05) is 25.0 Å². The molecule has 26 heavy (non-hydrogen) atoms. The molecule has 0 radical (unpaired) electrons. The van der Waals surface area contributed by atoms with Gasteiger partial charge in [-0.1, -0.05) is 18.2 Å². The molecule has 1 aliphatic heterocycles. The molecule has 1 aromatic heterocycles. The maximum absolute atomic E-state index is 12.8. The van der Waals surface area contributed by atoms with E-state index in [1.165, 1.54) is 11.3 Å².